The molecule has 0 fully saturated rings. The van der Waals surface area contributed by atoms with Crippen LogP contribution >= 0.6 is 24.1 Å². The second-order valence-corrected chi connectivity index (χ2v) is 7.19. The maximum absolute atomic E-state index is 13.1. The van der Waals surface area contributed by atoms with Gasteiger partial charge in [0.2, 0.25) is 0 Å². The summed E-state index contributed by atoms with van der Waals surface area (Å²) in [5.41, 5.74) is 0.620. The Bertz CT molecular complexity index is 717. The summed E-state index contributed by atoms with van der Waals surface area (Å²) in [7, 11) is 0. The summed E-state index contributed by atoms with van der Waals surface area (Å²) in [5.74, 6) is 0.0794. The van der Waals surface area contributed by atoms with Gasteiger partial charge >= 0.3 is 0 Å². The number of hydrogen-bond donors (Lipinski definition) is 1. The Morgan fingerprint density at radius 3 is 2.29 bits per heavy atom. The van der Waals surface area contributed by atoms with Gasteiger partial charge in [-0.25, -0.2) is 17.7 Å². The van der Waals surface area contributed by atoms with E-state index >= 15 is 0 Å². The van der Waals surface area contributed by atoms with Gasteiger partial charge in [0.1, 0.15) is 11.1 Å². The molecule has 0 saturated heterocycles. The van der Waals surface area contributed by atoms with Crippen molar-refractivity contribution in [1.82, 2.24) is 8.96 Å². The maximum atomic E-state index is 13.1. The van der Waals surface area contributed by atoms with Crippen LogP contribution in [0.15, 0.2) is 29.3 Å². The van der Waals surface area contributed by atoms with E-state index in [0.29, 0.717) is 16.8 Å². The number of halogens is 3. The van der Waals surface area contributed by atoms with E-state index in [9.17, 15) is 17.8 Å². The molecule has 0 aliphatic carbocycles. The molecule has 0 aliphatic rings. The number of benzene rings is 1. The summed E-state index contributed by atoms with van der Waals surface area (Å²) in [4.78, 5) is 4.18. The predicted octanol–water partition coefficient (Wildman–Crippen LogP) is 6.10. The van der Waals surface area contributed by atoms with Crippen LogP contribution in [0.5, 0.6) is 0 Å². The normalized spacial score (nSPS) is 11.8. The van der Waals surface area contributed by atoms with Gasteiger partial charge < -0.3 is 10.4 Å². The second-order valence-electron chi connectivity index (χ2n) is 5.89. The molecule has 4 nitrogen and oxygen atoms in total. The van der Waals surface area contributed by atoms with Gasteiger partial charge in [-0.15, -0.1) is 21.7 Å². The van der Waals surface area contributed by atoms with E-state index in [1.807, 2.05) is 0 Å². The molecule has 1 radical (unpaired) electrons. The number of rotatable bonds is 7. The molecule has 0 aliphatic heterocycles. The van der Waals surface area contributed by atoms with Gasteiger partial charge in [-0.2, -0.15) is 6.54 Å². The Balaban J connectivity index is 0.000000910. The number of nitrogens with zero attached hydrogens (tertiary/aromatic N) is 3. The topological polar surface area (TPSA) is 52.1 Å². The van der Waals surface area contributed by atoms with Crippen molar-refractivity contribution in [3.63, 3.8) is 0 Å². The van der Waals surface area contributed by atoms with Gasteiger partial charge in [-0.3, -0.25) is 0 Å². The largest absolute Gasteiger partial charge is 0.660 e. The van der Waals surface area contributed by atoms with Crippen molar-refractivity contribution >= 4 is 24.1 Å². The van der Waals surface area contributed by atoms with Crippen LogP contribution in [-0.4, -0.2) is 32.9 Å². The van der Waals surface area contributed by atoms with Crippen LogP contribution in [0.3, 0.4) is 0 Å². The minimum Gasteiger partial charge on any atom is -0.660 e. The Hall–Kier alpha value is -0.0561. The van der Waals surface area contributed by atoms with E-state index in [4.69, 9.17) is 0 Å². The quantitative estimate of drug-likeness (QED) is 0.459. The fourth-order valence-electron chi connectivity index (χ4n) is 2.32. The molecular weight excluding hydrogens is 484 g/mol. The Labute approximate surface area is 198 Å². The van der Waals surface area contributed by atoms with E-state index in [2.05, 4.69) is 31.1 Å². The summed E-state index contributed by atoms with van der Waals surface area (Å²) < 4.78 is 39.7. The minimum absolute atomic E-state index is 0. The van der Waals surface area contributed by atoms with Crippen molar-refractivity contribution < 1.29 is 50.5 Å². The van der Waals surface area contributed by atoms with E-state index < -0.39 is 12.5 Å². The molecule has 2 rings (SSSR count). The molecule has 0 amide bonds. The SMILES string of the molecule is CC[N-]C(C)C.CSc1nc(C(O)c2cccc(C(F)F)c2)n(SF)c1C.[Y]. The van der Waals surface area contributed by atoms with E-state index in [1.165, 1.54) is 36.0 Å². The molecule has 1 heterocycles. The summed E-state index contributed by atoms with van der Waals surface area (Å²) in [6.45, 7) is 8.86. The molecule has 1 atom stereocenters. The first kappa shape index (κ1) is 27.9. The zero-order chi connectivity index (χ0) is 20.6. The first-order valence-corrected chi connectivity index (χ1v) is 10.3. The van der Waals surface area contributed by atoms with Crippen LogP contribution in [0.25, 0.3) is 5.32 Å². The molecular formula is C18H25F3N3OS2Y-. The Morgan fingerprint density at radius 2 is 1.86 bits per heavy atom. The van der Waals surface area contributed by atoms with Gasteiger partial charge in [0, 0.05) is 38.3 Å². The van der Waals surface area contributed by atoms with Gasteiger partial charge in [-0.1, -0.05) is 39.0 Å². The van der Waals surface area contributed by atoms with Crippen molar-refractivity contribution in [2.75, 3.05) is 12.8 Å². The molecule has 0 saturated carbocycles. The number of imidazole rings is 1. The monoisotopic (exact) mass is 509 g/mol. The molecule has 1 aromatic carbocycles. The number of hydrogen-bond acceptors (Lipinski definition) is 4. The van der Waals surface area contributed by atoms with Crippen molar-refractivity contribution in [3.8, 4) is 0 Å². The van der Waals surface area contributed by atoms with Crippen LogP contribution in [0.2, 0.25) is 0 Å². The second kappa shape index (κ2) is 14.0. The zero-order valence-electron chi connectivity index (χ0n) is 16.6. The molecule has 1 unspecified atom stereocenters. The standard InChI is InChI=1S/C13H13F3N2OS2.C5H12N.Y/c1-7-13(20-2)17-12(18(7)21-16)10(19)8-4-3-5-9(6-8)11(14)15;1-4-6-5(2)3;/h3-6,10-11,19H,1-2H3;5H,4H2,1-3H3;/q;-1;. The van der Waals surface area contributed by atoms with Crippen molar-refractivity contribution in [2.45, 2.75) is 51.3 Å². The minimum atomic E-state index is -2.63. The molecule has 1 aromatic heterocycles. The molecule has 1 N–H and O–H groups in total. The van der Waals surface area contributed by atoms with Crippen molar-refractivity contribution in [2.24, 2.45) is 0 Å². The Morgan fingerprint density at radius 1 is 1.25 bits per heavy atom. The number of thioether (sulfide) groups is 1. The van der Waals surface area contributed by atoms with Crippen LogP contribution in [0.1, 0.15) is 55.9 Å². The number of alkyl halides is 2. The third kappa shape index (κ3) is 7.99. The number of aliphatic hydroxyl groups excluding tert-OH is 1. The third-order valence-electron chi connectivity index (χ3n) is 3.57. The molecule has 0 spiro atoms. The fourth-order valence-corrected chi connectivity index (χ4v) is 3.35. The Kier molecular flexibility index (Phi) is 14.0. The van der Waals surface area contributed by atoms with Crippen LogP contribution in [-0.2, 0) is 32.7 Å². The van der Waals surface area contributed by atoms with Gasteiger partial charge in [0.25, 0.3) is 6.43 Å². The molecule has 28 heavy (non-hydrogen) atoms. The first-order valence-electron chi connectivity index (χ1n) is 8.41. The summed E-state index contributed by atoms with van der Waals surface area (Å²) >= 11 is 1.25. The smallest absolute Gasteiger partial charge is 0.263 e. The maximum Gasteiger partial charge on any atom is 0.263 e. The van der Waals surface area contributed by atoms with E-state index in [-0.39, 0.29) is 62.0 Å². The van der Waals surface area contributed by atoms with Gasteiger partial charge in [0.05, 0.1) is 5.69 Å². The van der Waals surface area contributed by atoms with E-state index in [0.717, 1.165) is 10.5 Å². The number of aliphatic hydroxyl groups is 1. The predicted molar refractivity (Wildman–Crippen MR) is 107 cm³/mol. The zero-order valence-corrected chi connectivity index (χ0v) is 21.0. The molecule has 155 valence electrons. The van der Waals surface area contributed by atoms with Crippen molar-refractivity contribution in [1.29, 1.82) is 0 Å². The van der Waals surface area contributed by atoms with Crippen LogP contribution in [0.4, 0.5) is 12.7 Å². The molecule has 0 bridgehead atoms. The summed E-state index contributed by atoms with van der Waals surface area (Å²) in [6.07, 6.45) is -2.11. The van der Waals surface area contributed by atoms with Gasteiger partial charge in [0.15, 0.2) is 18.2 Å². The first-order chi connectivity index (χ1) is 12.8. The summed E-state index contributed by atoms with van der Waals surface area (Å²) in [6, 6.07) is 5.93. The average Bonchev–Trinajstić information content (AvgIpc) is 2.97. The van der Waals surface area contributed by atoms with Crippen LogP contribution < -0.4 is 0 Å². The third-order valence-corrected chi connectivity index (χ3v) is 4.94. The van der Waals surface area contributed by atoms with Crippen molar-refractivity contribution in [3.05, 3.63) is 52.2 Å². The number of aromatic nitrogens is 2. The average molecular weight is 509 g/mol. The summed E-state index contributed by atoms with van der Waals surface area (Å²) in [5, 5.41) is 15.0. The molecule has 2 aromatic rings. The molecule has 10 heteroatoms. The van der Waals surface area contributed by atoms with E-state index in [1.54, 1.807) is 13.2 Å². The van der Waals surface area contributed by atoms with Crippen LogP contribution in [0, 0.1) is 6.92 Å². The fraction of sp³-hybridized carbons (Fsp3) is 0.500. The van der Waals surface area contributed by atoms with Gasteiger partial charge in [-0.05, 0) is 24.8 Å².